The lowest BCUT2D eigenvalue weighted by atomic mass is 9.80. The Morgan fingerprint density at radius 3 is 2.90 bits per heavy atom. The Labute approximate surface area is 123 Å². The summed E-state index contributed by atoms with van der Waals surface area (Å²) in [5, 5.41) is 9.04. The average Bonchev–Trinajstić information content (AvgIpc) is 2.72. The molecule has 21 heavy (non-hydrogen) atoms. The van der Waals surface area contributed by atoms with E-state index in [-0.39, 0.29) is 5.56 Å². The van der Waals surface area contributed by atoms with E-state index in [4.69, 9.17) is 9.84 Å². The Bertz CT molecular complexity index is 671. The normalized spacial score (nSPS) is 21.4. The highest BCUT2D eigenvalue weighted by Gasteiger charge is 2.30. The number of rotatable bonds is 5. The summed E-state index contributed by atoms with van der Waals surface area (Å²) in [6.07, 6.45) is 3.53. The highest BCUT2D eigenvalue weighted by molar-refractivity contribution is 5.92. The van der Waals surface area contributed by atoms with Gasteiger partial charge in [-0.1, -0.05) is 0 Å². The van der Waals surface area contributed by atoms with Crippen LogP contribution in [0, 0.1) is 5.92 Å². The van der Waals surface area contributed by atoms with E-state index in [2.05, 4.69) is 9.55 Å². The highest BCUT2D eigenvalue weighted by Crippen LogP contribution is 2.33. The van der Waals surface area contributed by atoms with E-state index in [0.29, 0.717) is 12.0 Å². The second-order valence-corrected chi connectivity index (χ2v) is 5.71. The van der Waals surface area contributed by atoms with Crippen LogP contribution in [0.4, 0.5) is 0 Å². The van der Waals surface area contributed by atoms with E-state index in [1.165, 1.54) is 0 Å². The molecule has 1 aliphatic carbocycles. The Hall–Kier alpha value is -1.88. The van der Waals surface area contributed by atoms with Gasteiger partial charge in [-0.15, -0.1) is 0 Å². The number of fused-ring (bicyclic) bond motifs is 1. The number of nitrogens with zero attached hydrogens (tertiary/aromatic N) is 2. The molecule has 112 valence electrons. The van der Waals surface area contributed by atoms with Crippen molar-refractivity contribution in [3.8, 4) is 0 Å². The van der Waals surface area contributed by atoms with Crippen molar-refractivity contribution >= 4 is 17.0 Å². The van der Waals surface area contributed by atoms with Gasteiger partial charge in [-0.2, -0.15) is 0 Å². The van der Waals surface area contributed by atoms with Gasteiger partial charge < -0.3 is 14.4 Å². The van der Waals surface area contributed by atoms with E-state index in [1.54, 1.807) is 12.1 Å². The van der Waals surface area contributed by atoms with Crippen molar-refractivity contribution in [2.45, 2.75) is 32.3 Å². The van der Waals surface area contributed by atoms with E-state index >= 15 is 0 Å². The van der Waals surface area contributed by atoms with Gasteiger partial charge in [-0.05, 0) is 43.9 Å². The fourth-order valence-corrected chi connectivity index (χ4v) is 3.04. The van der Waals surface area contributed by atoms with Crippen LogP contribution in [-0.2, 0) is 18.2 Å². The second-order valence-electron chi connectivity index (χ2n) is 5.71. The lowest BCUT2D eigenvalue weighted by molar-refractivity contribution is -0.0246. The number of carbonyl (C=O) groups is 1. The van der Waals surface area contributed by atoms with Crippen molar-refractivity contribution in [1.82, 2.24) is 9.55 Å². The van der Waals surface area contributed by atoms with Crippen molar-refractivity contribution < 1.29 is 14.6 Å². The fraction of sp³-hybridized carbons (Fsp3) is 0.500. The first kappa shape index (κ1) is 14.1. The molecule has 3 rings (SSSR count). The molecule has 1 N–H and O–H groups in total. The van der Waals surface area contributed by atoms with Gasteiger partial charge in [0.25, 0.3) is 0 Å². The molecule has 5 nitrogen and oxygen atoms in total. The number of aromatic nitrogens is 2. The van der Waals surface area contributed by atoms with Crippen molar-refractivity contribution in [1.29, 1.82) is 0 Å². The molecule has 5 heteroatoms. The number of carboxylic acids is 1. The summed E-state index contributed by atoms with van der Waals surface area (Å²) >= 11 is 0. The summed E-state index contributed by atoms with van der Waals surface area (Å²) in [5.41, 5.74) is 2.02. The highest BCUT2D eigenvalue weighted by atomic mass is 16.5. The smallest absolute Gasteiger partial charge is 0.335 e. The summed E-state index contributed by atoms with van der Waals surface area (Å²) in [6.45, 7) is 2.81. The molecule has 1 heterocycles. The molecule has 2 aromatic rings. The van der Waals surface area contributed by atoms with Crippen LogP contribution in [0.2, 0.25) is 0 Å². The maximum Gasteiger partial charge on any atom is 0.335 e. The fourth-order valence-electron chi connectivity index (χ4n) is 3.04. The minimum Gasteiger partial charge on any atom is -0.478 e. The van der Waals surface area contributed by atoms with Crippen LogP contribution in [-0.4, -0.2) is 33.3 Å². The number of aryl methyl sites for hydroxylation is 1. The molecule has 1 fully saturated rings. The van der Waals surface area contributed by atoms with Crippen LogP contribution >= 0.6 is 0 Å². The summed E-state index contributed by atoms with van der Waals surface area (Å²) in [7, 11) is 1.99. The first-order valence-corrected chi connectivity index (χ1v) is 7.38. The van der Waals surface area contributed by atoms with Gasteiger partial charge in [-0.25, -0.2) is 9.78 Å². The third kappa shape index (κ3) is 2.65. The maximum atomic E-state index is 11.0. The van der Waals surface area contributed by atoms with Crippen LogP contribution in [0.3, 0.4) is 0 Å². The summed E-state index contributed by atoms with van der Waals surface area (Å²) in [6, 6.07) is 5.11. The molecule has 0 saturated heterocycles. The van der Waals surface area contributed by atoms with Crippen LogP contribution < -0.4 is 0 Å². The number of imidazole rings is 1. The standard InChI is InChI=1S/C16H20N2O3/c1-3-21-12-6-10(7-12)8-15-17-13-9-11(16(19)20)4-5-14(13)18(15)2/h4-5,9-10,12H,3,6-8H2,1-2H3,(H,19,20). The van der Waals surface area contributed by atoms with Crippen molar-refractivity contribution in [2.24, 2.45) is 13.0 Å². The topological polar surface area (TPSA) is 64.3 Å². The van der Waals surface area contributed by atoms with E-state index in [1.807, 2.05) is 20.0 Å². The number of ether oxygens (including phenoxy) is 1. The molecule has 1 aliphatic rings. The predicted octanol–water partition coefficient (Wildman–Crippen LogP) is 2.63. The van der Waals surface area contributed by atoms with Crippen LogP contribution in [0.1, 0.15) is 35.9 Å². The zero-order chi connectivity index (χ0) is 15.0. The summed E-state index contributed by atoms with van der Waals surface area (Å²) in [5.74, 6) is 0.728. The minimum atomic E-state index is -0.914. The third-order valence-electron chi connectivity index (χ3n) is 4.29. The first-order chi connectivity index (χ1) is 10.1. The van der Waals surface area contributed by atoms with Gasteiger partial charge in [0.2, 0.25) is 0 Å². The first-order valence-electron chi connectivity index (χ1n) is 7.38. The second kappa shape index (κ2) is 5.48. The molecular formula is C16H20N2O3. The van der Waals surface area contributed by atoms with Gasteiger partial charge in [0.15, 0.2) is 0 Å². The number of hydrogen-bond donors (Lipinski definition) is 1. The number of hydrogen-bond acceptors (Lipinski definition) is 3. The largest absolute Gasteiger partial charge is 0.478 e. The molecule has 1 aromatic carbocycles. The minimum absolute atomic E-state index is 0.284. The molecule has 1 saturated carbocycles. The van der Waals surface area contributed by atoms with Crippen LogP contribution in [0.15, 0.2) is 18.2 Å². The van der Waals surface area contributed by atoms with Gasteiger partial charge in [0, 0.05) is 20.1 Å². The quantitative estimate of drug-likeness (QED) is 0.918. The molecule has 0 bridgehead atoms. The zero-order valence-corrected chi connectivity index (χ0v) is 12.4. The molecule has 0 atom stereocenters. The molecule has 0 radical (unpaired) electrons. The monoisotopic (exact) mass is 288 g/mol. The van der Waals surface area contributed by atoms with Gasteiger partial charge >= 0.3 is 5.97 Å². The van der Waals surface area contributed by atoms with Gasteiger partial charge in [0.1, 0.15) is 5.82 Å². The van der Waals surface area contributed by atoms with Gasteiger partial charge in [0.05, 0.1) is 22.7 Å². The van der Waals surface area contributed by atoms with Gasteiger partial charge in [-0.3, -0.25) is 0 Å². The maximum absolute atomic E-state index is 11.0. The van der Waals surface area contributed by atoms with Crippen molar-refractivity contribution in [3.05, 3.63) is 29.6 Å². The molecular weight excluding hydrogens is 268 g/mol. The lowest BCUT2D eigenvalue weighted by Gasteiger charge is -2.34. The zero-order valence-electron chi connectivity index (χ0n) is 12.4. The molecule has 1 aromatic heterocycles. The number of carboxylic acid groups (broad SMARTS) is 1. The molecule has 0 amide bonds. The molecule has 0 spiro atoms. The van der Waals surface area contributed by atoms with Crippen molar-refractivity contribution in [3.63, 3.8) is 0 Å². The Morgan fingerprint density at radius 2 is 2.24 bits per heavy atom. The average molecular weight is 288 g/mol. The number of benzene rings is 1. The summed E-state index contributed by atoms with van der Waals surface area (Å²) < 4.78 is 7.65. The molecule has 0 aliphatic heterocycles. The van der Waals surface area contributed by atoms with Crippen molar-refractivity contribution in [2.75, 3.05) is 6.61 Å². The summed E-state index contributed by atoms with van der Waals surface area (Å²) in [4.78, 5) is 15.6. The predicted molar refractivity (Wildman–Crippen MR) is 79.5 cm³/mol. The Balaban J connectivity index is 1.77. The number of aromatic carboxylic acids is 1. The lowest BCUT2D eigenvalue weighted by Crippen LogP contribution is -2.33. The van der Waals surface area contributed by atoms with E-state index < -0.39 is 5.97 Å². The third-order valence-corrected chi connectivity index (χ3v) is 4.29. The van der Waals surface area contributed by atoms with E-state index in [9.17, 15) is 4.79 Å². The van der Waals surface area contributed by atoms with E-state index in [0.717, 1.165) is 42.7 Å². The molecule has 0 unspecified atom stereocenters. The Kier molecular flexibility index (Phi) is 3.68. The van der Waals surface area contributed by atoms with Crippen LogP contribution in [0.5, 0.6) is 0 Å². The SMILES string of the molecule is CCOC1CC(Cc2nc3cc(C(=O)O)ccc3n2C)C1. The van der Waals surface area contributed by atoms with Crippen LogP contribution in [0.25, 0.3) is 11.0 Å². The Morgan fingerprint density at radius 1 is 1.48 bits per heavy atom.